The molecule has 0 bridgehead atoms. The summed E-state index contributed by atoms with van der Waals surface area (Å²) >= 11 is 1.49. The first kappa shape index (κ1) is 23.4. The number of rotatable bonds is 6. The van der Waals surface area contributed by atoms with Crippen molar-refractivity contribution < 1.29 is 0 Å². The van der Waals surface area contributed by atoms with Gasteiger partial charge in [0.1, 0.15) is 18.0 Å². The van der Waals surface area contributed by atoms with E-state index >= 15 is 0 Å². The summed E-state index contributed by atoms with van der Waals surface area (Å²) in [5.74, 6) is 2.63. The maximum absolute atomic E-state index is 4.60. The maximum atomic E-state index is 4.60. The fourth-order valence-electron chi connectivity index (χ4n) is 3.42. The van der Waals surface area contributed by atoms with Crippen molar-refractivity contribution in [2.45, 2.75) is 13.3 Å². The number of nitrogens with zero attached hydrogens (tertiary/aromatic N) is 9. The highest BCUT2D eigenvalue weighted by molar-refractivity contribution is 14.0. The molecule has 0 aromatic carbocycles. The third kappa shape index (κ3) is 5.31. The average Bonchev–Trinajstić information content (AvgIpc) is 3.42. The van der Waals surface area contributed by atoms with Gasteiger partial charge in [-0.1, -0.05) is 6.92 Å². The largest absolute Gasteiger partial charge is 0.368 e. The molecule has 0 radical (unpaired) electrons. The summed E-state index contributed by atoms with van der Waals surface area (Å²) in [7, 11) is 3.70. The van der Waals surface area contributed by atoms with Crippen LogP contribution in [0.4, 0.5) is 10.9 Å². The number of anilines is 2. The van der Waals surface area contributed by atoms with Crippen molar-refractivity contribution in [3.8, 4) is 0 Å². The number of fused-ring (bicyclic) bond motifs is 1. The highest BCUT2D eigenvalue weighted by atomic mass is 127. The predicted octanol–water partition coefficient (Wildman–Crippen LogP) is 1.20. The molecule has 31 heavy (non-hydrogen) atoms. The van der Waals surface area contributed by atoms with Crippen LogP contribution in [0.3, 0.4) is 0 Å². The number of halogens is 1. The van der Waals surface area contributed by atoms with Crippen LogP contribution in [-0.4, -0.2) is 86.3 Å². The zero-order valence-electron chi connectivity index (χ0n) is 17.9. The van der Waals surface area contributed by atoms with Gasteiger partial charge in [-0.05, 0) is 0 Å². The summed E-state index contributed by atoms with van der Waals surface area (Å²) in [6.45, 7) is 7.15. The first-order valence-electron chi connectivity index (χ1n) is 10.1. The Balaban J connectivity index is 0.00000272. The molecule has 0 atom stereocenters. The minimum atomic E-state index is 0. The van der Waals surface area contributed by atoms with Crippen LogP contribution in [0.2, 0.25) is 0 Å². The molecule has 13 heteroatoms. The summed E-state index contributed by atoms with van der Waals surface area (Å²) in [5, 5.41) is 13.0. The summed E-state index contributed by atoms with van der Waals surface area (Å²) in [5.41, 5.74) is 0.815. The summed E-state index contributed by atoms with van der Waals surface area (Å²) in [4.78, 5) is 22.2. The Hall–Kier alpha value is -2.29. The van der Waals surface area contributed by atoms with E-state index in [0.29, 0.717) is 6.54 Å². The molecule has 1 aliphatic heterocycles. The lowest BCUT2D eigenvalue weighted by Crippen LogP contribution is -2.53. The summed E-state index contributed by atoms with van der Waals surface area (Å²) in [6, 6.07) is 0. The molecule has 1 fully saturated rings. The molecule has 4 heterocycles. The molecule has 0 amide bonds. The fraction of sp³-hybridized carbons (Fsp3) is 0.556. The Morgan fingerprint density at radius 1 is 1.19 bits per heavy atom. The number of aliphatic imine (C=N–C) groups is 1. The molecule has 0 saturated carbocycles. The molecule has 11 nitrogen and oxygen atoms in total. The number of aromatic nitrogens is 6. The normalized spacial score (nSPS) is 14.6. The van der Waals surface area contributed by atoms with Crippen LogP contribution in [-0.2, 0) is 13.5 Å². The maximum Gasteiger partial charge on any atom is 0.205 e. The fourth-order valence-corrected chi connectivity index (χ4v) is 4.22. The second kappa shape index (κ2) is 10.8. The summed E-state index contributed by atoms with van der Waals surface area (Å²) < 4.78 is 6.14. The van der Waals surface area contributed by atoms with Crippen LogP contribution in [0.1, 0.15) is 12.7 Å². The van der Waals surface area contributed by atoms with Gasteiger partial charge in [-0.15, -0.1) is 24.0 Å². The van der Waals surface area contributed by atoms with Crippen LogP contribution < -0.4 is 15.5 Å². The van der Waals surface area contributed by atoms with Crippen molar-refractivity contribution in [3.05, 3.63) is 18.3 Å². The molecular formula is C18H28IN11S. The third-order valence-electron chi connectivity index (χ3n) is 5.07. The first-order valence-corrected chi connectivity index (χ1v) is 10.9. The van der Waals surface area contributed by atoms with Gasteiger partial charge >= 0.3 is 0 Å². The minimum absolute atomic E-state index is 0. The topological polar surface area (TPSA) is 112 Å². The number of aryl methyl sites for hydroxylation is 2. The second-order valence-corrected chi connectivity index (χ2v) is 7.68. The molecule has 1 aliphatic rings. The molecule has 0 aliphatic carbocycles. The van der Waals surface area contributed by atoms with Gasteiger partial charge in [-0.2, -0.15) is 9.47 Å². The van der Waals surface area contributed by atoms with Gasteiger partial charge in [0, 0.05) is 71.3 Å². The van der Waals surface area contributed by atoms with Gasteiger partial charge in [0.2, 0.25) is 5.13 Å². The first-order chi connectivity index (χ1) is 14.7. The smallest absolute Gasteiger partial charge is 0.205 e. The molecule has 3 aromatic heterocycles. The molecule has 0 unspecified atom stereocenters. The molecular weight excluding hydrogens is 529 g/mol. The number of hydrogen-bond acceptors (Lipinski definition) is 9. The van der Waals surface area contributed by atoms with Crippen molar-refractivity contribution >= 4 is 63.5 Å². The average molecular weight is 557 g/mol. The van der Waals surface area contributed by atoms with Crippen molar-refractivity contribution in [1.29, 1.82) is 0 Å². The van der Waals surface area contributed by atoms with Gasteiger partial charge < -0.3 is 20.4 Å². The Bertz CT molecular complexity index is 1010. The lowest BCUT2D eigenvalue weighted by atomic mass is 10.3. The number of piperazine rings is 1. The van der Waals surface area contributed by atoms with Gasteiger partial charge in [0.25, 0.3) is 0 Å². The Morgan fingerprint density at radius 2 is 2.00 bits per heavy atom. The monoisotopic (exact) mass is 557 g/mol. The highest BCUT2D eigenvalue weighted by Crippen LogP contribution is 2.19. The summed E-state index contributed by atoms with van der Waals surface area (Å²) in [6.07, 6.45) is 4.22. The van der Waals surface area contributed by atoms with Crippen molar-refractivity contribution in [2.75, 3.05) is 56.5 Å². The van der Waals surface area contributed by atoms with Crippen LogP contribution >= 0.6 is 35.5 Å². The van der Waals surface area contributed by atoms with E-state index in [-0.39, 0.29) is 24.0 Å². The van der Waals surface area contributed by atoms with Gasteiger partial charge in [-0.25, -0.2) is 15.0 Å². The van der Waals surface area contributed by atoms with E-state index in [2.05, 4.69) is 56.8 Å². The van der Waals surface area contributed by atoms with E-state index in [4.69, 9.17) is 0 Å². The van der Waals surface area contributed by atoms with E-state index in [1.54, 1.807) is 17.2 Å². The van der Waals surface area contributed by atoms with Gasteiger partial charge in [0.15, 0.2) is 11.6 Å². The van der Waals surface area contributed by atoms with E-state index in [1.807, 2.05) is 14.1 Å². The number of hydrogen-bond donors (Lipinski definition) is 2. The Morgan fingerprint density at radius 3 is 2.71 bits per heavy atom. The zero-order valence-corrected chi connectivity index (χ0v) is 21.1. The van der Waals surface area contributed by atoms with Crippen LogP contribution in [0.25, 0.3) is 11.0 Å². The number of nitrogens with one attached hydrogen (secondary N) is 2. The molecule has 1 saturated heterocycles. The van der Waals surface area contributed by atoms with Crippen LogP contribution in [0.15, 0.2) is 17.5 Å². The van der Waals surface area contributed by atoms with E-state index in [0.717, 1.165) is 72.9 Å². The second-order valence-electron chi connectivity index (χ2n) is 6.95. The molecule has 168 valence electrons. The van der Waals surface area contributed by atoms with Gasteiger partial charge in [-0.3, -0.25) is 9.67 Å². The van der Waals surface area contributed by atoms with Gasteiger partial charge in [0.05, 0.1) is 11.6 Å². The predicted molar refractivity (Wildman–Crippen MR) is 135 cm³/mol. The SMILES string of the molecule is CCc1nsc(N2CCN(C(=NC)NCCNc3ncnc4c3cnn4C)CC2)n1.I. The van der Waals surface area contributed by atoms with Crippen molar-refractivity contribution in [1.82, 2.24) is 39.3 Å². The molecule has 4 rings (SSSR count). The number of guanidine groups is 1. The standard InChI is InChI=1S/C18H27N11S.HI/c1-4-14-25-18(30-26-14)29-9-7-28(8-10-29)17(19-2)21-6-5-20-15-13-11-24-27(3)16(13)23-12-22-15;/h11-12H,4-10H2,1-3H3,(H,19,21)(H,20,22,23);1H. The minimum Gasteiger partial charge on any atom is -0.368 e. The van der Waals surface area contributed by atoms with E-state index in [1.165, 1.54) is 11.5 Å². The van der Waals surface area contributed by atoms with Crippen LogP contribution in [0, 0.1) is 0 Å². The Labute approximate surface area is 202 Å². The lowest BCUT2D eigenvalue weighted by molar-refractivity contribution is 0.373. The van der Waals surface area contributed by atoms with E-state index < -0.39 is 0 Å². The third-order valence-corrected chi connectivity index (χ3v) is 5.88. The lowest BCUT2D eigenvalue weighted by Gasteiger charge is -2.36. The zero-order chi connectivity index (χ0) is 20.9. The van der Waals surface area contributed by atoms with Crippen molar-refractivity contribution in [3.63, 3.8) is 0 Å². The quantitative estimate of drug-likeness (QED) is 0.200. The van der Waals surface area contributed by atoms with Crippen LogP contribution in [0.5, 0.6) is 0 Å². The van der Waals surface area contributed by atoms with E-state index in [9.17, 15) is 0 Å². The molecule has 2 N–H and O–H groups in total. The molecule has 0 spiro atoms. The Kier molecular flexibility index (Phi) is 8.17. The van der Waals surface area contributed by atoms with Crippen molar-refractivity contribution in [2.24, 2.45) is 12.0 Å². The molecule has 3 aromatic rings. The highest BCUT2D eigenvalue weighted by Gasteiger charge is 2.21.